The molecule has 5 nitrogen and oxygen atoms in total. The van der Waals surface area contributed by atoms with E-state index in [0.717, 1.165) is 22.7 Å². The molecule has 8 heteroatoms. The third-order valence-electron chi connectivity index (χ3n) is 4.03. The van der Waals surface area contributed by atoms with Gasteiger partial charge in [0.1, 0.15) is 5.75 Å². The predicted octanol–water partition coefficient (Wildman–Crippen LogP) is 5.75. The topological polar surface area (TPSA) is 51.1 Å². The molecule has 3 aromatic rings. The second kappa shape index (κ2) is 9.28. The molecule has 0 atom stereocenters. The standard InChI is InChI=1S/C20H20Cl2N4OS/c1-3-27-18-10-5-4-9-17(18)23-20(28)24-19-11-13(2)26(25-19)12-14-15(21)7-6-8-16(14)22/h4-11H,3,12H2,1-2H3,(H2,23,24,25,28). The Morgan fingerprint density at radius 3 is 2.54 bits per heavy atom. The molecule has 146 valence electrons. The first-order chi connectivity index (χ1) is 13.5. The van der Waals surface area contributed by atoms with E-state index in [0.29, 0.717) is 34.1 Å². The Labute approximate surface area is 179 Å². The van der Waals surface area contributed by atoms with Crippen LogP contribution in [-0.4, -0.2) is 21.5 Å². The van der Waals surface area contributed by atoms with E-state index in [-0.39, 0.29) is 0 Å². The van der Waals surface area contributed by atoms with E-state index >= 15 is 0 Å². The molecule has 0 bridgehead atoms. The fourth-order valence-corrected chi connectivity index (χ4v) is 3.42. The van der Waals surface area contributed by atoms with Gasteiger partial charge in [-0.1, -0.05) is 41.4 Å². The number of thiocarbonyl (C=S) groups is 1. The Hall–Kier alpha value is -2.28. The number of halogens is 2. The molecular weight excluding hydrogens is 415 g/mol. The highest BCUT2D eigenvalue weighted by Gasteiger charge is 2.11. The average Bonchev–Trinajstić information content (AvgIpc) is 2.99. The summed E-state index contributed by atoms with van der Waals surface area (Å²) in [4.78, 5) is 0. The van der Waals surface area contributed by atoms with Crippen molar-refractivity contribution in [3.63, 3.8) is 0 Å². The molecule has 0 unspecified atom stereocenters. The van der Waals surface area contributed by atoms with Gasteiger partial charge in [-0.2, -0.15) is 5.10 Å². The number of nitrogens with zero attached hydrogens (tertiary/aromatic N) is 2. The molecule has 2 aromatic carbocycles. The quantitative estimate of drug-likeness (QED) is 0.483. The van der Waals surface area contributed by atoms with Crippen LogP contribution in [0.25, 0.3) is 0 Å². The lowest BCUT2D eigenvalue weighted by Gasteiger charge is -2.13. The van der Waals surface area contributed by atoms with Crippen LogP contribution in [0.4, 0.5) is 11.5 Å². The molecule has 0 amide bonds. The van der Waals surface area contributed by atoms with Crippen molar-refractivity contribution in [1.29, 1.82) is 0 Å². The number of hydrogen-bond donors (Lipinski definition) is 2. The molecule has 0 aliphatic carbocycles. The minimum Gasteiger partial charge on any atom is -0.492 e. The molecule has 0 spiro atoms. The van der Waals surface area contributed by atoms with Crippen molar-refractivity contribution in [2.75, 3.05) is 17.2 Å². The van der Waals surface area contributed by atoms with Crippen molar-refractivity contribution >= 4 is 52.0 Å². The highest BCUT2D eigenvalue weighted by Crippen LogP contribution is 2.26. The van der Waals surface area contributed by atoms with Crippen LogP contribution < -0.4 is 15.4 Å². The number of aryl methyl sites for hydroxylation is 1. The molecule has 1 aromatic heterocycles. The number of rotatable bonds is 6. The first-order valence-corrected chi connectivity index (χ1v) is 9.91. The van der Waals surface area contributed by atoms with Gasteiger partial charge >= 0.3 is 0 Å². The Morgan fingerprint density at radius 1 is 1.11 bits per heavy atom. The molecule has 0 saturated heterocycles. The number of aromatic nitrogens is 2. The van der Waals surface area contributed by atoms with Crippen LogP contribution in [-0.2, 0) is 6.54 Å². The van der Waals surface area contributed by atoms with Gasteiger partial charge in [-0.05, 0) is 50.3 Å². The van der Waals surface area contributed by atoms with Crippen LogP contribution in [0, 0.1) is 6.92 Å². The number of hydrogen-bond acceptors (Lipinski definition) is 3. The molecule has 0 aliphatic rings. The summed E-state index contributed by atoms with van der Waals surface area (Å²) < 4.78 is 7.43. The summed E-state index contributed by atoms with van der Waals surface area (Å²) in [6.07, 6.45) is 0. The van der Waals surface area contributed by atoms with E-state index in [9.17, 15) is 0 Å². The molecule has 0 saturated carbocycles. The summed E-state index contributed by atoms with van der Waals surface area (Å²) in [5.74, 6) is 1.37. The smallest absolute Gasteiger partial charge is 0.176 e. The van der Waals surface area contributed by atoms with Gasteiger partial charge in [0, 0.05) is 27.4 Å². The van der Waals surface area contributed by atoms with Crippen molar-refractivity contribution in [2.24, 2.45) is 0 Å². The summed E-state index contributed by atoms with van der Waals surface area (Å²) in [5, 5.41) is 12.5. The van der Waals surface area contributed by atoms with E-state index in [1.807, 2.05) is 67.1 Å². The van der Waals surface area contributed by atoms with Gasteiger partial charge in [0.2, 0.25) is 0 Å². The van der Waals surface area contributed by atoms with Gasteiger partial charge in [0.05, 0.1) is 18.8 Å². The fourth-order valence-electron chi connectivity index (χ4n) is 2.69. The second-order valence-electron chi connectivity index (χ2n) is 6.04. The molecule has 28 heavy (non-hydrogen) atoms. The predicted molar refractivity (Wildman–Crippen MR) is 120 cm³/mol. The number of para-hydroxylation sites is 2. The highest BCUT2D eigenvalue weighted by molar-refractivity contribution is 7.80. The van der Waals surface area contributed by atoms with Gasteiger partial charge in [0.15, 0.2) is 10.9 Å². The third-order valence-corrected chi connectivity index (χ3v) is 4.94. The SMILES string of the molecule is CCOc1ccccc1NC(=S)Nc1cc(C)n(Cc2c(Cl)cccc2Cl)n1. The summed E-state index contributed by atoms with van der Waals surface area (Å²) >= 11 is 18.0. The van der Waals surface area contributed by atoms with Crippen molar-refractivity contribution in [3.8, 4) is 5.75 Å². The lowest BCUT2D eigenvalue weighted by atomic mass is 10.2. The summed E-state index contributed by atoms with van der Waals surface area (Å²) in [6, 6.07) is 15.0. The monoisotopic (exact) mass is 434 g/mol. The summed E-state index contributed by atoms with van der Waals surface area (Å²) in [5.41, 5.74) is 2.58. The maximum atomic E-state index is 6.27. The molecule has 2 N–H and O–H groups in total. The van der Waals surface area contributed by atoms with Crippen LogP contribution in [0.1, 0.15) is 18.2 Å². The Bertz CT molecular complexity index is 970. The lowest BCUT2D eigenvalue weighted by Crippen LogP contribution is -2.20. The van der Waals surface area contributed by atoms with E-state index in [2.05, 4.69) is 15.7 Å². The first kappa shape index (κ1) is 20.5. The highest BCUT2D eigenvalue weighted by atomic mass is 35.5. The van der Waals surface area contributed by atoms with Crippen LogP contribution in [0.15, 0.2) is 48.5 Å². The van der Waals surface area contributed by atoms with Crippen molar-refractivity contribution in [3.05, 3.63) is 69.8 Å². The van der Waals surface area contributed by atoms with Crippen LogP contribution in [0.3, 0.4) is 0 Å². The largest absolute Gasteiger partial charge is 0.492 e. The van der Waals surface area contributed by atoms with Crippen LogP contribution in [0.5, 0.6) is 5.75 Å². The number of ether oxygens (including phenoxy) is 1. The van der Waals surface area contributed by atoms with Gasteiger partial charge in [-0.3, -0.25) is 4.68 Å². The Kier molecular flexibility index (Phi) is 6.78. The second-order valence-corrected chi connectivity index (χ2v) is 7.26. The fraction of sp³-hybridized carbons (Fsp3) is 0.200. The summed E-state index contributed by atoms with van der Waals surface area (Å²) in [7, 11) is 0. The molecule has 1 heterocycles. The van der Waals surface area contributed by atoms with Crippen LogP contribution in [0.2, 0.25) is 10.0 Å². The first-order valence-electron chi connectivity index (χ1n) is 8.75. The number of anilines is 2. The van der Waals surface area contributed by atoms with Crippen molar-refractivity contribution in [1.82, 2.24) is 9.78 Å². The molecular formula is C20H20Cl2N4OS. The minimum absolute atomic E-state index is 0.424. The number of benzene rings is 2. The van der Waals surface area contributed by atoms with E-state index in [4.69, 9.17) is 40.2 Å². The van der Waals surface area contributed by atoms with E-state index in [1.165, 1.54) is 0 Å². The molecule has 0 fully saturated rings. The number of nitrogens with one attached hydrogen (secondary N) is 2. The van der Waals surface area contributed by atoms with E-state index < -0.39 is 0 Å². The average molecular weight is 435 g/mol. The van der Waals surface area contributed by atoms with Crippen LogP contribution >= 0.6 is 35.4 Å². The Balaban J connectivity index is 1.71. The molecule has 0 radical (unpaired) electrons. The van der Waals surface area contributed by atoms with Gasteiger partial charge in [-0.25, -0.2) is 0 Å². The zero-order valence-corrected chi connectivity index (χ0v) is 17.8. The molecule has 0 aliphatic heterocycles. The zero-order valence-electron chi connectivity index (χ0n) is 15.5. The van der Waals surface area contributed by atoms with Gasteiger partial charge in [-0.15, -0.1) is 0 Å². The third kappa shape index (κ3) is 4.95. The summed E-state index contributed by atoms with van der Waals surface area (Å²) in [6.45, 7) is 4.95. The maximum absolute atomic E-state index is 6.27. The lowest BCUT2D eigenvalue weighted by molar-refractivity contribution is 0.342. The van der Waals surface area contributed by atoms with Crippen molar-refractivity contribution < 1.29 is 4.74 Å². The van der Waals surface area contributed by atoms with Gasteiger partial charge in [0.25, 0.3) is 0 Å². The zero-order chi connectivity index (χ0) is 20.1. The Morgan fingerprint density at radius 2 is 1.82 bits per heavy atom. The minimum atomic E-state index is 0.424. The van der Waals surface area contributed by atoms with E-state index in [1.54, 1.807) is 0 Å². The maximum Gasteiger partial charge on any atom is 0.176 e. The molecule has 3 rings (SSSR count). The normalized spacial score (nSPS) is 10.6. The van der Waals surface area contributed by atoms with Gasteiger partial charge < -0.3 is 15.4 Å². The van der Waals surface area contributed by atoms with Crippen molar-refractivity contribution in [2.45, 2.75) is 20.4 Å².